The lowest BCUT2D eigenvalue weighted by atomic mass is 10.0. The third kappa shape index (κ3) is 2.92. The number of hydrogen-bond donors (Lipinski definition) is 1. The fraction of sp³-hybridized carbons (Fsp3) is 0.278. The van der Waals surface area contributed by atoms with Crippen molar-refractivity contribution in [3.8, 4) is 5.75 Å². The molecule has 0 radical (unpaired) electrons. The summed E-state index contributed by atoms with van der Waals surface area (Å²) in [6.07, 6.45) is 2.23. The Bertz CT molecular complexity index is 699. The number of anilines is 2. The average molecular weight is 312 g/mol. The summed E-state index contributed by atoms with van der Waals surface area (Å²) in [5.41, 5.74) is 4.65. The molecule has 1 heterocycles. The second kappa shape index (κ2) is 6.36. The van der Waals surface area contributed by atoms with Crippen molar-refractivity contribution in [3.05, 3.63) is 53.6 Å². The molecule has 0 fully saturated rings. The summed E-state index contributed by atoms with van der Waals surface area (Å²) in [6, 6.07) is 14.5. The van der Waals surface area contributed by atoms with E-state index in [1.54, 1.807) is 7.11 Å². The highest BCUT2D eigenvalue weighted by molar-refractivity contribution is 7.80. The van der Waals surface area contributed by atoms with Gasteiger partial charge in [-0.15, -0.1) is 0 Å². The van der Waals surface area contributed by atoms with Gasteiger partial charge in [-0.1, -0.05) is 24.3 Å². The third-order valence-electron chi connectivity index (χ3n) is 3.95. The van der Waals surface area contributed by atoms with Gasteiger partial charge in [-0.2, -0.15) is 0 Å². The minimum absolute atomic E-state index is 0.719. The van der Waals surface area contributed by atoms with Gasteiger partial charge in [-0.3, -0.25) is 0 Å². The lowest BCUT2D eigenvalue weighted by Gasteiger charge is -2.32. The Balaban J connectivity index is 1.86. The fourth-order valence-electron chi connectivity index (χ4n) is 2.85. The maximum absolute atomic E-state index is 5.64. The van der Waals surface area contributed by atoms with E-state index < -0.39 is 0 Å². The molecule has 4 heteroatoms. The predicted octanol–water partition coefficient (Wildman–Crippen LogP) is 4.15. The summed E-state index contributed by atoms with van der Waals surface area (Å²) in [4.78, 5) is 2.18. The molecule has 22 heavy (non-hydrogen) atoms. The molecule has 0 bridgehead atoms. The van der Waals surface area contributed by atoms with Crippen molar-refractivity contribution in [2.45, 2.75) is 19.8 Å². The van der Waals surface area contributed by atoms with Gasteiger partial charge in [0.15, 0.2) is 5.11 Å². The zero-order valence-corrected chi connectivity index (χ0v) is 13.7. The van der Waals surface area contributed by atoms with Crippen LogP contribution in [0.25, 0.3) is 0 Å². The maximum atomic E-state index is 5.64. The molecule has 0 spiro atoms. The monoisotopic (exact) mass is 312 g/mol. The summed E-state index contributed by atoms with van der Waals surface area (Å²) in [5, 5.41) is 4.06. The van der Waals surface area contributed by atoms with Crippen molar-refractivity contribution in [1.82, 2.24) is 0 Å². The second-order valence-corrected chi connectivity index (χ2v) is 5.90. The first kappa shape index (κ1) is 14.9. The minimum atomic E-state index is 0.719. The number of thiocarbonyl (C=S) groups is 1. The van der Waals surface area contributed by atoms with Crippen LogP contribution in [0.15, 0.2) is 42.5 Å². The second-order valence-electron chi connectivity index (χ2n) is 5.52. The number of para-hydroxylation sites is 1. The number of aryl methyl sites for hydroxylation is 2. The highest BCUT2D eigenvalue weighted by Gasteiger charge is 2.20. The molecule has 1 N–H and O–H groups in total. The number of nitrogens with zero attached hydrogens (tertiary/aromatic N) is 1. The van der Waals surface area contributed by atoms with Crippen molar-refractivity contribution >= 4 is 28.7 Å². The lowest BCUT2D eigenvalue weighted by Crippen LogP contribution is -2.38. The molecule has 2 aromatic rings. The van der Waals surface area contributed by atoms with Crippen LogP contribution in [0.1, 0.15) is 17.5 Å². The van der Waals surface area contributed by atoms with Gasteiger partial charge < -0.3 is 15.0 Å². The van der Waals surface area contributed by atoms with E-state index in [9.17, 15) is 0 Å². The Morgan fingerprint density at radius 1 is 1.23 bits per heavy atom. The van der Waals surface area contributed by atoms with Crippen LogP contribution < -0.4 is 15.0 Å². The van der Waals surface area contributed by atoms with Crippen LogP contribution in [-0.2, 0) is 6.42 Å². The molecule has 114 valence electrons. The summed E-state index contributed by atoms with van der Waals surface area (Å²) < 4.78 is 5.42. The van der Waals surface area contributed by atoms with Crippen LogP contribution in [0.4, 0.5) is 11.4 Å². The van der Waals surface area contributed by atoms with Crippen molar-refractivity contribution in [2.75, 3.05) is 23.9 Å². The number of nitrogens with one attached hydrogen (secondary N) is 1. The normalized spacial score (nSPS) is 13.5. The van der Waals surface area contributed by atoms with E-state index >= 15 is 0 Å². The van der Waals surface area contributed by atoms with E-state index in [-0.39, 0.29) is 0 Å². The molecule has 0 saturated carbocycles. The molecule has 0 aliphatic carbocycles. The van der Waals surface area contributed by atoms with Crippen LogP contribution in [0.5, 0.6) is 5.75 Å². The largest absolute Gasteiger partial charge is 0.495 e. The van der Waals surface area contributed by atoms with Crippen LogP contribution >= 0.6 is 12.2 Å². The lowest BCUT2D eigenvalue weighted by molar-refractivity contribution is 0.417. The topological polar surface area (TPSA) is 24.5 Å². The SMILES string of the molecule is COc1ccc(C)cc1NC(=S)N1CCCc2ccccc21. The van der Waals surface area contributed by atoms with Gasteiger partial charge >= 0.3 is 0 Å². The standard InChI is InChI=1S/C18H20N2OS/c1-13-9-10-17(21-2)15(12-13)19-18(22)20-11-5-7-14-6-3-4-8-16(14)20/h3-4,6,8-10,12H,5,7,11H2,1-2H3,(H,19,22). The fourth-order valence-corrected chi connectivity index (χ4v) is 3.15. The predicted molar refractivity (Wildman–Crippen MR) is 96.1 cm³/mol. The zero-order chi connectivity index (χ0) is 15.5. The summed E-state index contributed by atoms with van der Waals surface area (Å²) in [5.74, 6) is 0.804. The Morgan fingerprint density at radius 3 is 2.86 bits per heavy atom. The molecule has 0 unspecified atom stereocenters. The number of benzene rings is 2. The molecule has 3 rings (SSSR count). The van der Waals surface area contributed by atoms with Gasteiger partial charge in [0.2, 0.25) is 0 Å². The molecule has 1 aliphatic rings. The van der Waals surface area contributed by atoms with Gasteiger partial charge in [0.1, 0.15) is 5.75 Å². The van der Waals surface area contributed by atoms with Gasteiger partial charge in [0.25, 0.3) is 0 Å². The van der Waals surface area contributed by atoms with Crippen molar-refractivity contribution in [3.63, 3.8) is 0 Å². The van der Waals surface area contributed by atoms with E-state index in [0.29, 0.717) is 0 Å². The third-order valence-corrected chi connectivity index (χ3v) is 4.27. The molecule has 0 atom stereocenters. The van der Waals surface area contributed by atoms with Crippen molar-refractivity contribution < 1.29 is 4.74 Å². The summed E-state index contributed by atoms with van der Waals surface area (Å²) in [7, 11) is 1.68. The van der Waals surface area contributed by atoms with Crippen LogP contribution in [0.3, 0.4) is 0 Å². The summed E-state index contributed by atoms with van der Waals surface area (Å²) in [6.45, 7) is 3.00. The number of rotatable bonds is 2. The van der Waals surface area contributed by atoms with E-state index in [0.717, 1.165) is 35.9 Å². The Morgan fingerprint density at radius 2 is 2.05 bits per heavy atom. The van der Waals surface area contributed by atoms with Gasteiger partial charge in [-0.25, -0.2) is 0 Å². The van der Waals surface area contributed by atoms with Gasteiger partial charge in [0.05, 0.1) is 12.8 Å². The zero-order valence-electron chi connectivity index (χ0n) is 12.9. The smallest absolute Gasteiger partial charge is 0.178 e. The Kier molecular flexibility index (Phi) is 4.29. The number of hydrogen-bond acceptors (Lipinski definition) is 2. The molecule has 0 saturated heterocycles. The number of methoxy groups -OCH3 is 1. The number of fused-ring (bicyclic) bond motifs is 1. The van der Waals surface area contributed by atoms with Crippen molar-refractivity contribution in [2.24, 2.45) is 0 Å². The van der Waals surface area contributed by atoms with E-state index in [1.807, 2.05) is 12.1 Å². The molecule has 2 aromatic carbocycles. The average Bonchev–Trinajstić information content (AvgIpc) is 2.54. The summed E-state index contributed by atoms with van der Waals surface area (Å²) >= 11 is 5.64. The Labute approximate surface area is 136 Å². The highest BCUT2D eigenvalue weighted by atomic mass is 32.1. The first-order valence-corrected chi connectivity index (χ1v) is 7.91. The first-order valence-electron chi connectivity index (χ1n) is 7.50. The van der Waals surface area contributed by atoms with E-state index in [4.69, 9.17) is 17.0 Å². The van der Waals surface area contributed by atoms with Gasteiger partial charge in [-0.05, 0) is 61.3 Å². The van der Waals surface area contributed by atoms with Crippen molar-refractivity contribution in [1.29, 1.82) is 0 Å². The van der Waals surface area contributed by atoms with Crippen LogP contribution in [-0.4, -0.2) is 18.8 Å². The minimum Gasteiger partial charge on any atom is -0.495 e. The Hall–Kier alpha value is -2.07. The molecular weight excluding hydrogens is 292 g/mol. The van der Waals surface area contributed by atoms with Crippen LogP contribution in [0, 0.1) is 6.92 Å². The molecule has 0 amide bonds. The molecule has 0 aromatic heterocycles. The first-order chi connectivity index (χ1) is 10.7. The van der Waals surface area contributed by atoms with E-state index in [2.05, 4.69) is 47.5 Å². The number of ether oxygens (including phenoxy) is 1. The van der Waals surface area contributed by atoms with Crippen LogP contribution in [0.2, 0.25) is 0 Å². The molecule has 1 aliphatic heterocycles. The molecule has 3 nitrogen and oxygen atoms in total. The van der Waals surface area contributed by atoms with Gasteiger partial charge in [0, 0.05) is 12.2 Å². The molecular formula is C18H20N2OS. The highest BCUT2D eigenvalue weighted by Crippen LogP contribution is 2.29. The maximum Gasteiger partial charge on any atom is 0.178 e. The quantitative estimate of drug-likeness (QED) is 0.842. The van der Waals surface area contributed by atoms with E-state index in [1.165, 1.54) is 16.8 Å².